The number of hydrogen-bond acceptors (Lipinski definition) is 3. The Kier molecular flexibility index (Phi) is 1.70. The van der Waals surface area contributed by atoms with Crippen LogP contribution >= 0.6 is 0 Å². The number of hydrogen-bond donors (Lipinski definition) is 2. The zero-order valence-corrected chi connectivity index (χ0v) is 7.24. The van der Waals surface area contributed by atoms with Crippen LogP contribution in [0.1, 0.15) is 15.9 Å². The van der Waals surface area contributed by atoms with Gasteiger partial charge in [-0.05, 0) is 23.8 Å². The first kappa shape index (κ1) is 8.07. The fraction of sp³-hybridized carbons (Fsp3) is 0.222. The maximum absolute atomic E-state index is 11.4. The highest BCUT2D eigenvalue weighted by molar-refractivity contribution is 5.98. The molecule has 2 rings (SSSR count). The van der Waals surface area contributed by atoms with Gasteiger partial charge in [0.15, 0.2) is 0 Å². The predicted molar refractivity (Wildman–Crippen MR) is 47.6 cm³/mol. The molecule has 1 aromatic rings. The van der Waals surface area contributed by atoms with E-state index in [1.54, 1.807) is 30.1 Å². The number of benzene rings is 1. The van der Waals surface area contributed by atoms with Crippen LogP contribution in [0.2, 0.25) is 0 Å². The molecule has 1 heterocycles. The predicted octanol–water partition coefficient (Wildman–Crippen LogP) is 1.07. The molecule has 13 heavy (non-hydrogen) atoms. The van der Waals surface area contributed by atoms with E-state index in [9.17, 15) is 4.79 Å². The Morgan fingerprint density at radius 1 is 1.54 bits per heavy atom. The van der Waals surface area contributed by atoms with Gasteiger partial charge in [0, 0.05) is 19.2 Å². The average molecular weight is 178 g/mol. The second-order valence-electron chi connectivity index (χ2n) is 3.14. The highest BCUT2D eigenvalue weighted by Gasteiger charge is 2.23. The summed E-state index contributed by atoms with van der Waals surface area (Å²) in [6, 6.07) is 5.17. The van der Waals surface area contributed by atoms with Gasteiger partial charge in [0.25, 0.3) is 5.91 Å². The smallest absolute Gasteiger partial charge is 0.254 e. The minimum absolute atomic E-state index is 0.0412. The van der Waals surface area contributed by atoms with Crippen molar-refractivity contribution in [3.05, 3.63) is 29.3 Å². The lowest BCUT2D eigenvalue weighted by molar-refractivity contribution is 0.0816. The number of anilines is 1. The van der Waals surface area contributed by atoms with E-state index in [1.165, 1.54) is 0 Å². The van der Waals surface area contributed by atoms with E-state index in [-0.39, 0.29) is 5.91 Å². The molecule has 1 amide bonds. The molecule has 0 spiro atoms. The van der Waals surface area contributed by atoms with Crippen molar-refractivity contribution in [1.82, 2.24) is 4.90 Å². The van der Waals surface area contributed by atoms with E-state index in [1.807, 2.05) is 0 Å². The monoisotopic (exact) mass is 178 g/mol. The van der Waals surface area contributed by atoms with Crippen LogP contribution in [0.5, 0.6) is 0 Å². The molecule has 0 aliphatic carbocycles. The summed E-state index contributed by atoms with van der Waals surface area (Å²) in [6.45, 7) is 0.615. The van der Waals surface area contributed by atoms with E-state index < -0.39 is 0 Å². The van der Waals surface area contributed by atoms with Crippen LogP contribution in [-0.2, 0) is 6.54 Å². The van der Waals surface area contributed by atoms with Crippen LogP contribution in [0.3, 0.4) is 0 Å². The molecule has 4 nitrogen and oxygen atoms in total. The number of nitrogens with zero attached hydrogens (tertiary/aromatic N) is 1. The van der Waals surface area contributed by atoms with Gasteiger partial charge in [0.2, 0.25) is 0 Å². The van der Waals surface area contributed by atoms with Gasteiger partial charge in [0.05, 0.1) is 5.69 Å². The summed E-state index contributed by atoms with van der Waals surface area (Å²) in [5, 5.41) is 8.65. The molecule has 1 aromatic carbocycles. The van der Waals surface area contributed by atoms with Crippen LogP contribution in [0.15, 0.2) is 18.2 Å². The third-order valence-corrected chi connectivity index (χ3v) is 2.22. The van der Waals surface area contributed by atoms with E-state index in [2.05, 4.69) is 5.48 Å². The van der Waals surface area contributed by atoms with Gasteiger partial charge in [-0.1, -0.05) is 0 Å². The van der Waals surface area contributed by atoms with E-state index >= 15 is 0 Å². The minimum atomic E-state index is 0.0412. The molecular formula is C9H10N2O2. The van der Waals surface area contributed by atoms with E-state index in [4.69, 9.17) is 5.21 Å². The third kappa shape index (κ3) is 1.15. The standard InChI is InChI=1S/C9H10N2O2/c1-11-5-6-4-7(10-13)2-3-8(6)9(11)12/h2-4,10,13H,5H2,1H3. The Balaban J connectivity index is 2.46. The first-order valence-corrected chi connectivity index (χ1v) is 4.01. The molecule has 0 saturated carbocycles. The third-order valence-electron chi connectivity index (χ3n) is 2.22. The number of carbonyl (C=O) groups is 1. The number of amides is 1. The van der Waals surface area contributed by atoms with Crippen LogP contribution in [0, 0.1) is 0 Å². The molecule has 0 saturated heterocycles. The summed E-state index contributed by atoms with van der Waals surface area (Å²) in [5.41, 5.74) is 4.34. The number of carbonyl (C=O) groups excluding carboxylic acids is 1. The van der Waals surface area contributed by atoms with Crippen molar-refractivity contribution in [2.45, 2.75) is 6.54 Å². The Morgan fingerprint density at radius 3 is 3.00 bits per heavy atom. The molecule has 1 aliphatic heterocycles. The van der Waals surface area contributed by atoms with Crippen LogP contribution < -0.4 is 5.48 Å². The molecule has 0 radical (unpaired) electrons. The Hall–Kier alpha value is -1.55. The van der Waals surface area contributed by atoms with Crippen LogP contribution in [0.25, 0.3) is 0 Å². The molecule has 0 fully saturated rings. The summed E-state index contributed by atoms with van der Waals surface area (Å²) in [6.07, 6.45) is 0. The fourth-order valence-corrected chi connectivity index (χ4v) is 1.54. The molecule has 4 heteroatoms. The van der Waals surface area contributed by atoms with Crippen molar-refractivity contribution >= 4 is 11.6 Å². The highest BCUT2D eigenvalue weighted by atomic mass is 16.5. The summed E-state index contributed by atoms with van der Waals surface area (Å²) in [7, 11) is 1.76. The summed E-state index contributed by atoms with van der Waals surface area (Å²) in [4.78, 5) is 13.1. The second-order valence-corrected chi connectivity index (χ2v) is 3.14. The molecule has 2 N–H and O–H groups in total. The van der Waals surface area contributed by atoms with Crippen molar-refractivity contribution in [2.24, 2.45) is 0 Å². The number of nitrogens with one attached hydrogen (secondary N) is 1. The Labute approximate surface area is 75.7 Å². The first-order chi connectivity index (χ1) is 6.22. The van der Waals surface area contributed by atoms with Gasteiger partial charge >= 0.3 is 0 Å². The van der Waals surface area contributed by atoms with E-state index in [0.717, 1.165) is 11.1 Å². The average Bonchev–Trinajstić information content (AvgIpc) is 2.42. The zero-order chi connectivity index (χ0) is 9.42. The van der Waals surface area contributed by atoms with Crippen molar-refractivity contribution in [1.29, 1.82) is 0 Å². The maximum atomic E-state index is 11.4. The van der Waals surface area contributed by atoms with Crippen molar-refractivity contribution in [3.63, 3.8) is 0 Å². The number of rotatable bonds is 1. The summed E-state index contributed by atoms with van der Waals surface area (Å²) < 4.78 is 0. The molecule has 0 bridgehead atoms. The minimum Gasteiger partial charge on any atom is -0.337 e. The van der Waals surface area contributed by atoms with Crippen molar-refractivity contribution in [2.75, 3.05) is 12.5 Å². The van der Waals surface area contributed by atoms with Gasteiger partial charge < -0.3 is 4.90 Å². The largest absolute Gasteiger partial charge is 0.337 e. The van der Waals surface area contributed by atoms with Crippen molar-refractivity contribution < 1.29 is 10.0 Å². The molecular weight excluding hydrogens is 168 g/mol. The first-order valence-electron chi connectivity index (χ1n) is 4.01. The van der Waals surface area contributed by atoms with E-state index in [0.29, 0.717) is 12.2 Å². The van der Waals surface area contributed by atoms with Crippen LogP contribution in [0.4, 0.5) is 5.69 Å². The van der Waals surface area contributed by atoms with Gasteiger partial charge in [-0.15, -0.1) is 0 Å². The SMILES string of the molecule is CN1Cc2cc(NO)ccc2C1=O. The molecule has 0 unspecified atom stereocenters. The van der Waals surface area contributed by atoms with Gasteiger partial charge in [-0.25, -0.2) is 0 Å². The summed E-state index contributed by atoms with van der Waals surface area (Å²) in [5.74, 6) is 0.0412. The summed E-state index contributed by atoms with van der Waals surface area (Å²) >= 11 is 0. The Bertz CT molecular complexity index is 363. The second kappa shape index (κ2) is 2.74. The Morgan fingerprint density at radius 2 is 2.31 bits per heavy atom. The molecule has 68 valence electrons. The lowest BCUT2D eigenvalue weighted by Gasteiger charge is -2.04. The maximum Gasteiger partial charge on any atom is 0.254 e. The van der Waals surface area contributed by atoms with Gasteiger partial charge in [-0.2, -0.15) is 0 Å². The van der Waals surface area contributed by atoms with Gasteiger partial charge in [-0.3, -0.25) is 15.5 Å². The van der Waals surface area contributed by atoms with Crippen molar-refractivity contribution in [3.8, 4) is 0 Å². The zero-order valence-electron chi connectivity index (χ0n) is 7.24. The van der Waals surface area contributed by atoms with Gasteiger partial charge in [0.1, 0.15) is 0 Å². The lowest BCUT2D eigenvalue weighted by atomic mass is 10.1. The molecule has 1 aliphatic rings. The molecule has 0 atom stereocenters. The fourth-order valence-electron chi connectivity index (χ4n) is 1.54. The normalized spacial score (nSPS) is 14.6. The molecule has 0 aromatic heterocycles. The highest BCUT2D eigenvalue weighted by Crippen LogP contribution is 2.24. The quantitative estimate of drug-likeness (QED) is 0.632. The topological polar surface area (TPSA) is 52.6 Å². The number of fused-ring (bicyclic) bond motifs is 1. The lowest BCUT2D eigenvalue weighted by Crippen LogP contribution is -2.17. The van der Waals surface area contributed by atoms with Crippen LogP contribution in [-0.4, -0.2) is 23.1 Å².